The van der Waals surface area contributed by atoms with Crippen LogP contribution in [0.4, 0.5) is 26.7 Å². The molecule has 0 aliphatic rings. The Labute approximate surface area is 58.9 Å². The molecule has 68 valence electrons. The third-order valence-electron chi connectivity index (χ3n) is 0.308. The molecule has 0 amide bonds. The van der Waals surface area contributed by atoms with Gasteiger partial charge in [-0.05, 0) is 0 Å². The lowest BCUT2D eigenvalue weighted by Gasteiger charge is -2.01. The first-order valence-corrected chi connectivity index (χ1v) is 2.20. The average molecular weight is 180 g/mol. The van der Waals surface area contributed by atoms with E-state index in [-0.39, 0.29) is 0 Å². The van der Waals surface area contributed by atoms with Crippen LogP contribution in [0, 0.1) is 0 Å². The topological polar surface area (TPSA) is 26.3 Å². The second kappa shape index (κ2) is 6.02. The maximum Gasteiger partial charge on any atom is 0.483 e. The van der Waals surface area contributed by atoms with Crippen LogP contribution in [-0.4, -0.2) is 26.2 Å². The fourth-order valence-electron chi connectivity index (χ4n) is 0.164. The van der Waals surface area contributed by atoms with Gasteiger partial charge in [0.25, 0.3) is 0 Å². The molecule has 0 aliphatic heterocycles. The summed E-state index contributed by atoms with van der Waals surface area (Å²) < 4.78 is 56.0. The van der Waals surface area contributed by atoms with Gasteiger partial charge in [0.2, 0.25) is 0 Å². The Morgan fingerprint density at radius 1 is 1.36 bits per heavy atom. The van der Waals surface area contributed by atoms with Crippen molar-refractivity contribution < 1.29 is 31.5 Å². The summed E-state index contributed by atoms with van der Waals surface area (Å²) in [6.07, 6.45) is -7.01. The van der Waals surface area contributed by atoms with E-state index in [1.807, 2.05) is 0 Å². The summed E-state index contributed by atoms with van der Waals surface area (Å²) in [7, 11) is 1.01. The van der Waals surface area contributed by atoms with Crippen LogP contribution < -0.4 is 0 Å². The van der Waals surface area contributed by atoms with E-state index in [1.54, 1.807) is 0 Å². The molecule has 0 N–H and O–H groups in total. The minimum absolute atomic E-state index is 1.01. The van der Waals surface area contributed by atoms with Crippen LogP contribution in [0.5, 0.6) is 0 Å². The predicted octanol–water partition coefficient (Wildman–Crippen LogP) is 2.24. The number of carbonyl (C=O) groups is 1. The maximum atomic E-state index is 10.9. The lowest BCUT2D eigenvalue weighted by atomic mass is 10.7. The summed E-state index contributed by atoms with van der Waals surface area (Å²) in [6.45, 7) is -1.16. The standard InChI is InChI=1S/C3H5F3O.CF2O/c1-7-2-3(4,5)6;2-1(3)4/h2H2,1H3;. The zero-order chi connectivity index (χ0) is 9.49. The van der Waals surface area contributed by atoms with Gasteiger partial charge in [0.1, 0.15) is 6.61 Å². The van der Waals surface area contributed by atoms with Crippen molar-refractivity contribution in [2.45, 2.75) is 6.18 Å². The molecule has 0 saturated carbocycles. The van der Waals surface area contributed by atoms with Gasteiger partial charge in [0.05, 0.1) is 0 Å². The third kappa shape index (κ3) is 45.7. The lowest BCUT2D eigenvalue weighted by Crippen LogP contribution is -2.14. The second-order valence-electron chi connectivity index (χ2n) is 1.27. The minimum Gasteiger partial charge on any atom is -0.375 e. The highest BCUT2D eigenvalue weighted by Gasteiger charge is 2.26. The Kier molecular flexibility index (Phi) is 7.07. The summed E-state index contributed by atoms with van der Waals surface area (Å²) in [5.74, 6) is 0. The summed E-state index contributed by atoms with van der Waals surface area (Å²) >= 11 is 0. The largest absolute Gasteiger partial charge is 0.483 e. The van der Waals surface area contributed by atoms with Gasteiger partial charge in [0, 0.05) is 7.11 Å². The summed E-state index contributed by atoms with van der Waals surface area (Å²) in [5.41, 5.74) is 0. The molecule has 11 heavy (non-hydrogen) atoms. The summed E-state index contributed by atoms with van der Waals surface area (Å²) in [5, 5.41) is 0. The molecule has 0 rings (SSSR count). The van der Waals surface area contributed by atoms with Gasteiger partial charge in [-0.15, -0.1) is 8.78 Å². The van der Waals surface area contributed by atoms with Gasteiger partial charge in [-0.25, -0.2) is 4.79 Å². The first-order valence-electron chi connectivity index (χ1n) is 2.20. The van der Waals surface area contributed by atoms with Gasteiger partial charge in [-0.2, -0.15) is 13.2 Å². The van der Waals surface area contributed by atoms with Crippen LogP contribution in [0.15, 0.2) is 0 Å². The molecule has 0 aromatic rings. The number of methoxy groups -OCH3 is 1. The Morgan fingerprint density at radius 3 is 1.64 bits per heavy atom. The molecule has 0 atom stereocenters. The normalized spacial score (nSPS) is 10.0. The van der Waals surface area contributed by atoms with Crippen molar-refractivity contribution >= 4 is 6.29 Å². The molecule has 0 aromatic carbocycles. The van der Waals surface area contributed by atoms with Crippen molar-refractivity contribution in [3.05, 3.63) is 0 Å². The SMILES string of the molecule is COCC(F)(F)F.O=C(F)F. The zero-order valence-electron chi connectivity index (χ0n) is 5.41. The van der Waals surface area contributed by atoms with E-state index in [4.69, 9.17) is 4.79 Å². The van der Waals surface area contributed by atoms with Crippen molar-refractivity contribution in [2.75, 3.05) is 13.7 Å². The Bertz CT molecular complexity index is 106. The number of halogens is 5. The molecular weight excluding hydrogens is 175 g/mol. The molecule has 0 bridgehead atoms. The van der Waals surface area contributed by atoms with Crippen molar-refractivity contribution in [1.82, 2.24) is 0 Å². The number of ether oxygens (including phenoxy) is 1. The predicted molar refractivity (Wildman–Crippen MR) is 25.5 cm³/mol. The fraction of sp³-hybridized carbons (Fsp3) is 0.750. The molecule has 7 heteroatoms. The molecular formula is C4H5F5O2. The molecule has 0 aliphatic carbocycles. The van der Waals surface area contributed by atoms with Gasteiger partial charge >= 0.3 is 12.5 Å². The van der Waals surface area contributed by atoms with Crippen LogP contribution in [0.3, 0.4) is 0 Å². The number of alkyl halides is 3. The smallest absolute Gasteiger partial charge is 0.375 e. The Balaban J connectivity index is 0. The first-order chi connectivity index (χ1) is 4.79. The van der Waals surface area contributed by atoms with E-state index in [2.05, 4.69) is 4.74 Å². The van der Waals surface area contributed by atoms with Crippen molar-refractivity contribution in [1.29, 1.82) is 0 Å². The number of carbonyl (C=O) groups excluding carboxylic acids is 1. The number of hydrogen-bond donors (Lipinski definition) is 0. The third-order valence-corrected chi connectivity index (χ3v) is 0.308. The molecule has 0 spiro atoms. The van der Waals surface area contributed by atoms with Crippen LogP contribution >= 0.6 is 0 Å². The van der Waals surface area contributed by atoms with Crippen LogP contribution in [-0.2, 0) is 4.74 Å². The maximum absolute atomic E-state index is 10.9. The minimum atomic E-state index is -4.17. The molecule has 0 heterocycles. The summed E-state index contributed by atoms with van der Waals surface area (Å²) in [6, 6.07) is 0. The van der Waals surface area contributed by atoms with E-state index in [9.17, 15) is 22.0 Å². The van der Waals surface area contributed by atoms with E-state index in [0.717, 1.165) is 7.11 Å². The van der Waals surface area contributed by atoms with E-state index in [1.165, 1.54) is 0 Å². The van der Waals surface area contributed by atoms with Crippen molar-refractivity contribution in [3.8, 4) is 0 Å². The Morgan fingerprint density at radius 2 is 1.64 bits per heavy atom. The molecule has 2 nitrogen and oxygen atoms in total. The van der Waals surface area contributed by atoms with Gasteiger partial charge in [0.15, 0.2) is 0 Å². The first kappa shape index (κ1) is 12.9. The molecule has 0 fully saturated rings. The van der Waals surface area contributed by atoms with Crippen LogP contribution in [0.25, 0.3) is 0 Å². The Hall–Kier alpha value is -0.720. The quantitative estimate of drug-likeness (QED) is 0.456. The highest BCUT2D eigenvalue weighted by atomic mass is 19.4. The van der Waals surface area contributed by atoms with Crippen molar-refractivity contribution in [3.63, 3.8) is 0 Å². The van der Waals surface area contributed by atoms with E-state index >= 15 is 0 Å². The van der Waals surface area contributed by atoms with Gasteiger partial charge < -0.3 is 4.74 Å². The molecule has 0 saturated heterocycles. The van der Waals surface area contributed by atoms with E-state index in [0.29, 0.717) is 0 Å². The number of rotatable bonds is 1. The molecule has 0 aromatic heterocycles. The van der Waals surface area contributed by atoms with Crippen LogP contribution in [0.2, 0.25) is 0 Å². The average Bonchev–Trinajstić information content (AvgIpc) is 1.58. The zero-order valence-corrected chi connectivity index (χ0v) is 5.41. The highest BCUT2D eigenvalue weighted by molar-refractivity contribution is 5.55. The molecule has 0 radical (unpaired) electrons. The van der Waals surface area contributed by atoms with Gasteiger partial charge in [-0.1, -0.05) is 0 Å². The van der Waals surface area contributed by atoms with Crippen LogP contribution in [0.1, 0.15) is 0 Å². The van der Waals surface area contributed by atoms with E-state index < -0.39 is 19.1 Å². The van der Waals surface area contributed by atoms with Crippen molar-refractivity contribution in [2.24, 2.45) is 0 Å². The molecule has 0 unspecified atom stereocenters. The summed E-state index contributed by atoms with van der Waals surface area (Å²) in [4.78, 5) is 8.11. The van der Waals surface area contributed by atoms with Gasteiger partial charge in [-0.3, -0.25) is 0 Å². The highest BCUT2D eigenvalue weighted by Crippen LogP contribution is 2.13. The lowest BCUT2D eigenvalue weighted by molar-refractivity contribution is -0.167. The second-order valence-corrected chi connectivity index (χ2v) is 1.27. The monoisotopic (exact) mass is 180 g/mol. The number of hydrogen-bond acceptors (Lipinski definition) is 2. The fourth-order valence-corrected chi connectivity index (χ4v) is 0.164.